The number of benzene rings is 2. The third-order valence-corrected chi connectivity index (χ3v) is 5.20. The predicted molar refractivity (Wildman–Crippen MR) is 109 cm³/mol. The minimum absolute atomic E-state index is 0.141. The van der Waals surface area contributed by atoms with Crippen molar-refractivity contribution in [1.82, 2.24) is 5.32 Å². The molecule has 2 rings (SSSR count). The average Bonchev–Trinajstić information content (AvgIpc) is 2.63. The Bertz CT molecular complexity index is 1030. The van der Waals surface area contributed by atoms with E-state index in [-0.39, 0.29) is 41.9 Å². The van der Waals surface area contributed by atoms with E-state index in [1.165, 1.54) is 12.1 Å². The van der Waals surface area contributed by atoms with E-state index in [0.29, 0.717) is 10.8 Å². The van der Waals surface area contributed by atoms with Crippen LogP contribution in [0.5, 0.6) is 5.75 Å². The maximum atomic E-state index is 11.9. The van der Waals surface area contributed by atoms with E-state index < -0.39 is 14.8 Å². The third-order valence-electron chi connectivity index (χ3n) is 3.85. The lowest BCUT2D eigenvalue weighted by atomic mass is 10.2. The molecule has 0 saturated heterocycles. The molecule has 0 bridgehead atoms. The maximum absolute atomic E-state index is 11.9. The SMILES string of the molecule is Cc1cc(Cl)ccc1OCC(=O)NCCNc1ccc(S(C)(=O)=O)cc1[N+](=O)[O-]. The Labute approximate surface area is 173 Å². The first kappa shape index (κ1) is 22.4. The van der Waals surface area contributed by atoms with Crippen molar-refractivity contribution in [2.75, 3.05) is 31.3 Å². The van der Waals surface area contributed by atoms with E-state index in [0.717, 1.165) is 17.9 Å². The number of hydrogen-bond donors (Lipinski definition) is 2. The summed E-state index contributed by atoms with van der Waals surface area (Å²) < 4.78 is 28.5. The molecule has 0 heterocycles. The Hall–Kier alpha value is -2.85. The summed E-state index contributed by atoms with van der Waals surface area (Å²) in [5.41, 5.74) is 0.599. The number of halogens is 1. The molecule has 2 aromatic rings. The summed E-state index contributed by atoms with van der Waals surface area (Å²) in [7, 11) is -3.56. The molecule has 0 unspecified atom stereocenters. The van der Waals surface area contributed by atoms with Crippen LogP contribution in [0, 0.1) is 17.0 Å². The smallest absolute Gasteiger partial charge is 0.293 e. The standard InChI is InChI=1S/C18H20ClN3O6S/c1-12-9-13(19)3-6-17(12)28-11-18(23)21-8-7-20-15-5-4-14(29(2,26)27)10-16(15)22(24)25/h3-6,9-10,20H,7-8,11H2,1-2H3,(H,21,23). The number of anilines is 1. The molecule has 156 valence electrons. The first-order valence-electron chi connectivity index (χ1n) is 8.46. The van der Waals surface area contributed by atoms with E-state index in [1.54, 1.807) is 18.2 Å². The van der Waals surface area contributed by atoms with Crippen molar-refractivity contribution in [2.24, 2.45) is 0 Å². The van der Waals surface area contributed by atoms with Crippen LogP contribution in [0.25, 0.3) is 0 Å². The first-order valence-corrected chi connectivity index (χ1v) is 10.7. The van der Waals surface area contributed by atoms with E-state index in [9.17, 15) is 23.3 Å². The number of aryl methyl sites for hydroxylation is 1. The van der Waals surface area contributed by atoms with Gasteiger partial charge in [0.2, 0.25) is 0 Å². The van der Waals surface area contributed by atoms with Gasteiger partial charge < -0.3 is 15.4 Å². The van der Waals surface area contributed by atoms with Crippen molar-refractivity contribution in [2.45, 2.75) is 11.8 Å². The monoisotopic (exact) mass is 441 g/mol. The number of rotatable bonds is 9. The lowest BCUT2D eigenvalue weighted by molar-refractivity contribution is -0.384. The molecule has 29 heavy (non-hydrogen) atoms. The fraction of sp³-hybridized carbons (Fsp3) is 0.278. The van der Waals surface area contributed by atoms with Crippen molar-refractivity contribution in [3.8, 4) is 5.75 Å². The third kappa shape index (κ3) is 6.61. The van der Waals surface area contributed by atoms with Crippen molar-refractivity contribution in [1.29, 1.82) is 0 Å². The molecule has 0 aromatic heterocycles. The number of nitrogens with one attached hydrogen (secondary N) is 2. The zero-order valence-corrected chi connectivity index (χ0v) is 17.3. The highest BCUT2D eigenvalue weighted by Gasteiger charge is 2.18. The van der Waals surface area contributed by atoms with E-state index in [2.05, 4.69) is 10.6 Å². The van der Waals surface area contributed by atoms with Gasteiger partial charge in [0.1, 0.15) is 11.4 Å². The van der Waals surface area contributed by atoms with Gasteiger partial charge in [-0.25, -0.2) is 8.42 Å². The molecule has 0 aliphatic rings. The molecule has 0 fully saturated rings. The van der Waals surface area contributed by atoms with Crippen LogP contribution >= 0.6 is 11.6 Å². The quantitative estimate of drug-likeness (QED) is 0.347. The second kappa shape index (κ2) is 9.57. The van der Waals surface area contributed by atoms with Gasteiger partial charge in [-0.1, -0.05) is 11.6 Å². The van der Waals surface area contributed by atoms with Gasteiger partial charge in [-0.05, 0) is 42.8 Å². The number of nitro benzene ring substituents is 1. The van der Waals surface area contributed by atoms with Crippen LogP contribution in [-0.4, -0.2) is 45.2 Å². The second-order valence-electron chi connectivity index (χ2n) is 6.18. The van der Waals surface area contributed by atoms with Crippen LogP contribution < -0.4 is 15.4 Å². The van der Waals surface area contributed by atoms with Gasteiger partial charge in [0, 0.05) is 30.4 Å². The van der Waals surface area contributed by atoms with Gasteiger partial charge in [0.15, 0.2) is 16.4 Å². The van der Waals surface area contributed by atoms with Gasteiger partial charge >= 0.3 is 0 Å². The van der Waals surface area contributed by atoms with Gasteiger partial charge in [-0.15, -0.1) is 0 Å². The molecule has 11 heteroatoms. The van der Waals surface area contributed by atoms with Crippen LogP contribution in [0.1, 0.15) is 5.56 Å². The summed E-state index contributed by atoms with van der Waals surface area (Å²) in [5.74, 6) is 0.187. The van der Waals surface area contributed by atoms with Gasteiger partial charge in [0.05, 0.1) is 9.82 Å². The molecule has 0 radical (unpaired) electrons. The molecule has 0 aliphatic carbocycles. The zero-order valence-electron chi connectivity index (χ0n) is 15.8. The minimum Gasteiger partial charge on any atom is -0.484 e. The highest BCUT2D eigenvalue weighted by atomic mass is 35.5. The Morgan fingerprint density at radius 1 is 1.21 bits per heavy atom. The Morgan fingerprint density at radius 2 is 1.93 bits per heavy atom. The van der Waals surface area contributed by atoms with Crippen molar-refractivity contribution in [3.63, 3.8) is 0 Å². The summed E-state index contributed by atoms with van der Waals surface area (Å²) in [6.07, 6.45) is 0.975. The average molecular weight is 442 g/mol. The van der Waals surface area contributed by atoms with Gasteiger partial charge in [-0.2, -0.15) is 0 Å². The van der Waals surface area contributed by atoms with E-state index in [1.807, 2.05) is 6.92 Å². The van der Waals surface area contributed by atoms with Crippen LogP contribution in [0.15, 0.2) is 41.3 Å². The number of ether oxygens (including phenoxy) is 1. The summed E-state index contributed by atoms with van der Waals surface area (Å²) in [5, 5.41) is 17.2. The number of carbonyl (C=O) groups excluding carboxylic acids is 1. The van der Waals surface area contributed by atoms with Crippen molar-refractivity contribution < 1.29 is 22.9 Å². The molecule has 0 saturated carbocycles. The topological polar surface area (TPSA) is 128 Å². The Balaban J connectivity index is 1.85. The van der Waals surface area contributed by atoms with E-state index in [4.69, 9.17) is 16.3 Å². The minimum atomic E-state index is -3.56. The summed E-state index contributed by atoms with van der Waals surface area (Å²) in [6.45, 7) is 2.01. The number of hydrogen-bond acceptors (Lipinski definition) is 7. The molecule has 0 atom stereocenters. The molecule has 9 nitrogen and oxygen atoms in total. The van der Waals surface area contributed by atoms with Crippen LogP contribution in [-0.2, 0) is 14.6 Å². The highest BCUT2D eigenvalue weighted by Crippen LogP contribution is 2.27. The predicted octanol–water partition coefficient (Wildman–Crippen LogP) is 2.57. The molecule has 0 spiro atoms. The number of sulfone groups is 1. The number of amides is 1. The van der Waals surface area contributed by atoms with Crippen LogP contribution in [0.3, 0.4) is 0 Å². The molecule has 2 N–H and O–H groups in total. The lowest BCUT2D eigenvalue weighted by Gasteiger charge is -2.11. The number of carbonyl (C=O) groups is 1. The normalized spacial score (nSPS) is 11.0. The van der Waals surface area contributed by atoms with E-state index >= 15 is 0 Å². The zero-order chi connectivity index (χ0) is 21.6. The summed E-state index contributed by atoms with van der Waals surface area (Å²) in [6, 6.07) is 8.66. The fourth-order valence-electron chi connectivity index (χ4n) is 2.41. The van der Waals surface area contributed by atoms with Crippen molar-refractivity contribution in [3.05, 3.63) is 57.1 Å². The summed E-state index contributed by atoms with van der Waals surface area (Å²) in [4.78, 5) is 22.2. The summed E-state index contributed by atoms with van der Waals surface area (Å²) >= 11 is 5.86. The Morgan fingerprint density at radius 3 is 2.55 bits per heavy atom. The van der Waals surface area contributed by atoms with Gasteiger partial charge in [0.25, 0.3) is 11.6 Å². The van der Waals surface area contributed by atoms with Crippen LogP contribution in [0.2, 0.25) is 5.02 Å². The molecule has 0 aliphatic heterocycles. The molecule has 2 aromatic carbocycles. The van der Waals surface area contributed by atoms with Crippen LogP contribution in [0.4, 0.5) is 11.4 Å². The fourth-order valence-corrected chi connectivity index (χ4v) is 3.28. The van der Waals surface area contributed by atoms with Crippen molar-refractivity contribution >= 4 is 38.7 Å². The largest absolute Gasteiger partial charge is 0.484 e. The number of nitrogens with zero attached hydrogens (tertiary/aromatic N) is 1. The first-order chi connectivity index (χ1) is 13.6. The molecule has 1 amide bonds. The lowest BCUT2D eigenvalue weighted by Crippen LogP contribution is -2.32. The number of nitro groups is 1. The molecular formula is C18H20ClN3O6S. The highest BCUT2D eigenvalue weighted by molar-refractivity contribution is 7.90. The van der Waals surface area contributed by atoms with Gasteiger partial charge in [-0.3, -0.25) is 14.9 Å². The Kier molecular flexibility index (Phi) is 7.40. The molecular weight excluding hydrogens is 422 g/mol. The second-order valence-corrected chi connectivity index (χ2v) is 8.64. The maximum Gasteiger partial charge on any atom is 0.293 e.